The monoisotopic (exact) mass is 791 g/mol. The molecule has 0 heterocycles. The minimum Gasteiger partial charge on any atom is -0.396 e. The highest BCUT2D eigenvalue weighted by atomic mass is 16.3. The van der Waals surface area contributed by atoms with Gasteiger partial charge in [0, 0.05) is 6.61 Å². The summed E-state index contributed by atoms with van der Waals surface area (Å²) in [4.78, 5) is 0. The number of aliphatic hydroxyl groups is 2. The summed E-state index contributed by atoms with van der Waals surface area (Å²) in [6.07, 6.45) is 71.4. The maximum atomic E-state index is 10.4. The predicted octanol–water partition coefficient (Wildman–Crippen LogP) is 19.3. The third-order valence-corrected chi connectivity index (χ3v) is 13.1. The van der Waals surface area contributed by atoms with E-state index in [0.717, 1.165) is 19.3 Å². The molecule has 0 saturated carbocycles. The lowest BCUT2D eigenvalue weighted by Gasteiger charge is -2.10. The van der Waals surface area contributed by atoms with Crippen molar-refractivity contribution in [2.24, 2.45) is 0 Å². The van der Waals surface area contributed by atoms with Crippen LogP contribution in [0.4, 0.5) is 0 Å². The Kier molecular flexibility index (Phi) is 52.9. The van der Waals surface area contributed by atoms with E-state index in [0.29, 0.717) is 6.61 Å². The lowest BCUT2D eigenvalue weighted by molar-refractivity contribution is 0.147. The van der Waals surface area contributed by atoms with Crippen molar-refractivity contribution in [3.8, 4) is 0 Å². The minimum atomic E-state index is -0.0430. The van der Waals surface area contributed by atoms with Gasteiger partial charge in [-0.3, -0.25) is 0 Å². The topological polar surface area (TPSA) is 40.5 Å². The number of aliphatic hydroxyl groups excluding tert-OH is 2. The van der Waals surface area contributed by atoms with Gasteiger partial charge in [-0.25, -0.2) is 0 Å². The fraction of sp³-hybridized carbons (Fsp3) is 1.00. The molecule has 2 nitrogen and oxygen atoms in total. The van der Waals surface area contributed by atoms with Crippen LogP contribution in [-0.2, 0) is 0 Å². The first kappa shape index (κ1) is 55.9. The molecule has 338 valence electrons. The van der Waals surface area contributed by atoms with Crippen molar-refractivity contribution in [2.45, 2.75) is 340 Å². The first-order valence-electron chi connectivity index (χ1n) is 27.1. The van der Waals surface area contributed by atoms with E-state index >= 15 is 0 Å². The van der Waals surface area contributed by atoms with Crippen molar-refractivity contribution >= 4 is 0 Å². The summed E-state index contributed by atoms with van der Waals surface area (Å²) in [7, 11) is 0. The second-order valence-corrected chi connectivity index (χ2v) is 18.9. The molecule has 0 radical (unpaired) electrons. The Hall–Kier alpha value is -0.0800. The van der Waals surface area contributed by atoms with Crippen LogP contribution in [0.1, 0.15) is 334 Å². The van der Waals surface area contributed by atoms with Crippen LogP contribution in [-0.4, -0.2) is 22.9 Å². The molecule has 0 fully saturated rings. The Morgan fingerprint density at radius 1 is 0.214 bits per heavy atom. The molecule has 0 aliphatic carbocycles. The molecule has 0 aromatic heterocycles. The fourth-order valence-electron chi connectivity index (χ4n) is 9.04. The average Bonchev–Trinajstić information content (AvgIpc) is 3.20. The van der Waals surface area contributed by atoms with Crippen molar-refractivity contribution in [1.82, 2.24) is 0 Å². The first-order chi connectivity index (χ1) is 27.8. The zero-order valence-electron chi connectivity index (χ0n) is 39.2. The van der Waals surface area contributed by atoms with Crippen LogP contribution in [0.25, 0.3) is 0 Å². The smallest absolute Gasteiger partial charge is 0.0540 e. The lowest BCUT2D eigenvalue weighted by atomic mass is 10.0. The highest BCUT2D eigenvalue weighted by Crippen LogP contribution is 2.19. The first-order valence-corrected chi connectivity index (χ1v) is 27.1. The summed E-state index contributed by atoms with van der Waals surface area (Å²) in [5, 5.41) is 19.2. The number of hydrogen-bond donors (Lipinski definition) is 2. The van der Waals surface area contributed by atoms with Gasteiger partial charge in [0.15, 0.2) is 0 Å². The SMILES string of the molecule is CCCCCCCCCCCCCCCCCCCCCCCCCCCC(O)CCCCCCCCCCCCCCCCCCCCCCCCCCO. The van der Waals surface area contributed by atoms with Crippen LogP contribution < -0.4 is 0 Å². The van der Waals surface area contributed by atoms with Gasteiger partial charge in [-0.05, 0) is 19.3 Å². The summed E-state index contributed by atoms with van der Waals surface area (Å²) in [6, 6.07) is 0. The molecule has 0 rings (SSSR count). The van der Waals surface area contributed by atoms with Crippen LogP contribution in [0.3, 0.4) is 0 Å². The molecule has 2 N–H and O–H groups in total. The van der Waals surface area contributed by atoms with Gasteiger partial charge < -0.3 is 10.2 Å². The Morgan fingerprint density at radius 3 is 0.518 bits per heavy atom. The van der Waals surface area contributed by atoms with Gasteiger partial charge in [0.2, 0.25) is 0 Å². The highest BCUT2D eigenvalue weighted by molar-refractivity contribution is 4.59. The molecule has 0 bridgehead atoms. The Balaban J connectivity index is 3.14. The van der Waals surface area contributed by atoms with Crippen molar-refractivity contribution in [1.29, 1.82) is 0 Å². The number of unbranched alkanes of at least 4 members (excludes halogenated alkanes) is 47. The van der Waals surface area contributed by atoms with E-state index < -0.39 is 0 Å². The fourth-order valence-corrected chi connectivity index (χ4v) is 9.04. The zero-order chi connectivity index (χ0) is 40.3. The highest BCUT2D eigenvalue weighted by Gasteiger charge is 2.04. The maximum Gasteiger partial charge on any atom is 0.0540 e. The third-order valence-electron chi connectivity index (χ3n) is 13.1. The van der Waals surface area contributed by atoms with E-state index in [9.17, 15) is 5.11 Å². The van der Waals surface area contributed by atoms with E-state index in [4.69, 9.17) is 5.11 Å². The summed E-state index contributed by atoms with van der Waals surface area (Å²) in [5.41, 5.74) is 0. The predicted molar refractivity (Wildman–Crippen MR) is 254 cm³/mol. The molecular weight excluding hydrogens is 681 g/mol. The van der Waals surface area contributed by atoms with E-state index in [-0.39, 0.29) is 6.10 Å². The van der Waals surface area contributed by atoms with Crippen LogP contribution in [0, 0.1) is 0 Å². The molecule has 2 heteroatoms. The second-order valence-electron chi connectivity index (χ2n) is 18.9. The van der Waals surface area contributed by atoms with Crippen LogP contribution in [0.2, 0.25) is 0 Å². The summed E-state index contributed by atoms with van der Waals surface area (Å²) in [6.45, 7) is 2.68. The van der Waals surface area contributed by atoms with Gasteiger partial charge in [-0.1, -0.05) is 315 Å². The summed E-state index contributed by atoms with van der Waals surface area (Å²) in [5.74, 6) is 0. The second kappa shape index (κ2) is 52.9. The van der Waals surface area contributed by atoms with Crippen molar-refractivity contribution in [2.75, 3.05) is 6.61 Å². The molecule has 56 heavy (non-hydrogen) atoms. The summed E-state index contributed by atoms with van der Waals surface area (Å²) < 4.78 is 0. The number of hydrogen-bond acceptors (Lipinski definition) is 2. The van der Waals surface area contributed by atoms with Gasteiger partial charge in [0.1, 0.15) is 0 Å². The Bertz CT molecular complexity index is 594. The zero-order valence-corrected chi connectivity index (χ0v) is 39.2. The van der Waals surface area contributed by atoms with Gasteiger partial charge in [-0.15, -0.1) is 0 Å². The van der Waals surface area contributed by atoms with Crippen molar-refractivity contribution in [3.63, 3.8) is 0 Å². The molecule has 0 aliphatic heterocycles. The molecule has 0 aromatic carbocycles. The molecular formula is C54H110O2. The molecule has 0 spiro atoms. The Labute approximate surface area is 356 Å². The largest absolute Gasteiger partial charge is 0.396 e. The van der Waals surface area contributed by atoms with E-state index in [1.54, 1.807) is 0 Å². The normalized spacial score (nSPS) is 12.3. The third kappa shape index (κ3) is 51.9. The van der Waals surface area contributed by atoms with E-state index in [1.165, 1.54) is 308 Å². The van der Waals surface area contributed by atoms with Gasteiger partial charge in [0.05, 0.1) is 6.10 Å². The van der Waals surface area contributed by atoms with Crippen LogP contribution in [0.15, 0.2) is 0 Å². The molecule has 0 saturated heterocycles. The minimum absolute atomic E-state index is 0.0430. The van der Waals surface area contributed by atoms with E-state index in [2.05, 4.69) is 6.92 Å². The molecule has 0 amide bonds. The molecule has 1 unspecified atom stereocenters. The quantitative estimate of drug-likeness (QED) is 0.0603. The Morgan fingerprint density at radius 2 is 0.357 bits per heavy atom. The standard InChI is InChI=1S/C54H110O2/c1-2-3-4-5-6-7-8-9-10-11-12-13-14-15-18-21-24-27-30-33-36-39-42-45-48-51-54(56)52-49-46-43-40-37-34-31-28-25-22-19-16-17-20-23-26-29-32-35-38-41-44-47-50-53-55/h54-56H,2-53H2,1H3. The van der Waals surface area contributed by atoms with E-state index in [1.807, 2.05) is 0 Å². The molecule has 0 aromatic rings. The number of rotatable bonds is 52. The van der Waals surface area contributed by atoms with Gasteiger partial charge in [-0.2, -0.15) is 0 Å². The van der Waals surface area contributed by atoms with Gasteiger partial charge >= 0.3 is 0 Å². The average molecular weight is 791 g/mol. The summed E-state index contributed by atoms with van der Waals surface area (Å²) >= 11 is 0. The maximum absolute atomic E-state index is 10.4. The van der Waals surface area contributed by atoms with Crippen molar-refractivity contribution < 1.29 is 10.2 Å². The van der Waals surface area contributed by atoms with Crippen molar-refractivity contribution in [3.05, 3.63) is 0 Å². The van der Waals surface area contributed by atoms with Crippen LogP contribution in [0.5, 0.6) is 0 Å². The van der Waals surface area contributed by atoms with Crippen LogP contribution >= 0.6 is 0 Å². The molecule has 0 aliphatic rings. The van der Waals surface area contributed by atoms with Gasteiger partial charge in [0.25, 0.3) is 0 Å². The lowest BCUT2D eigenvalue weighted by Crippen LogP contribution is -2.05. The molecule has 1 atom stereocenters.